The summed E-state index contributed by atoms with van der Waals surface area (Å²) in [6.07, 6.45) is 6.28. The van der Waals surface area contributed by atoms with Crippen molar-refractivity contribution in [3.05, 3.63) is 70.9 Å². The number of carbonyl (C=O) groups excluding carboxylic acids is 2. The number of piperidine rings is 1. The van der Waals surface area contributed by atoms with E-state index in [2.05, 4.69) is 10.3 Å². The van der Waals surface area contributed by atoms with Crippen LogP contribution in [0.5, 0.6) is 0 Å². The zero-order valence-electron chi connectivity index (χ0n) is 17.7. The van der Waals surface area contributed by atoms with E-state index in [-0.39, 0.29) is 28.3 Å². The minimum absolute atomic E-state index is 0.0809. The molecule has 3 heterocycles. The summed E-state index contributed by atoms with van der Waals surface area (Å²) in [4.78, 5) is 29.7. The number of carbonyl (C=O) groups is 2. The highest BCUT2D eigenvalue weighted by atomic mass is 19.1. The molecule has 3 aromatic rings. The maximum Gasteiger partial charge on any atom is 0.261 e. The number of aromatic nitrogens is 1. The Kier molecular flexibility index (Phi) is 5.29. The third-order valence-corrected chi connectivity index (χ3v) is 7.00. The Morgan fingerprint density at radius 1 is 0.906 bits per heavy atom. The van der Waals surface area contributed by atoms with Gasteiger partial charge in [-0.25, -0.2) is 8.78 Å². The molecule has 32 heavy (non-hydrogen) atoms. The molecule has 2 N–H and O–H groups in total. The average Bonchev–Trinajstić information content (AvgIpc) is 3.31. The van der Waals surface area contributed by atoms with Crippen LogP contribution in [0.2, 0.25) is 0 Å². The van der Waals surface area contributed by atoms with Crippen molar-refractivity contribution in [2.24, 2.45) is 0 Å². The minimum atomic E-state index is -0.519. The van der Waals surface area contributed by atoms with Crippen LogP contribution in [0.25, 0.3) is 10.9 Å². The van der Waals surface area contributed by atoms with Gasteiger partial charge >= 0.3 is 0 Å². The lowest BCUT2D eigenvalue weighted by Gasteiger charge is -2.38. The van der Waals surface area contributed by atoms with Gasteiger partial charge in [-0.05, 0) is 86.1 Å². The van der Waals surface area contributed by atoms with Gasteiger partial charge < -0.3 is 10.3 Å². The van der Waals surface area contributed by atoms with E-state index in [4.69, 9.17) is 0 Å². The minimum Gasteiger partial charge on any atom is -0.361 e. The van der Waals surface area contributed by atoms with Gasteiger partial charge in [0.05, 0.1) is 11.1 Å². The zero-order chi connectivity index (χ0) is 22.3. The summed E-state index contributed by atoms with van der Waals surface area (Å²) in [7, 11) is 0. The quantitative estimate of drug-likeness (QED) is 0.440. The predicted octanol–water partition coefficient (Wildman–Crippen LogP) is 4.53. The summed E-state index contributed by atoms with van der Waals surface area (Å²) < 4.78 is 27.5. The molecule has 2 aliphatic rings. The first-order valence-electron chi connectivity index (χ1n) is 11.1. The van der Waals surface area contributed by atoms with Crippen LogP contribution in [0, 0.1) is 11.6 Å². The first-order valence-corrected chi connectivity index (χ1v) is 11.1. The van der Waals surface area contributed by atoms with Crippen LogP contribution >= 0.6 is 0 Å². The Morgan fingerprint density at radius 3 is 2.44 bits per heavy atom. The van der Waals surface area contributed by atoms with Crippen LogP contribution in [0.1, 0.15) is 58.4 Å². The number of imide groups is 1. The van der Waals surface area contributed by atoms with Crippen LogP contribution in [-0.2, 0) is 5.41 Å². The second kappa shape index (κ2) is 8.13. The van der Waals surface area contributed by atoms with Gasteiger partial charge in [0.15, 0.2) is 0 Å². The van der Waals surface area contributed by atoms with Crippen molar-refractivity contribution in [3.63, 3.8) is 0 Å². The Balaban J connectivity index is 1.30. The molecule has 166 valence electrons. The van der Waals surface area contributed by atoms with Crippen LogP contribution in [-0.4, -0.2) is 41.3 Å². The summed E-state index contributed by atoms with van der Waals surface area (Å²) in [5.41, 5.74) is 2.41. The molecule has 2 aromatic carbocycles. The second-order valence-corrected chi connectivity index (χ2v) is 8.83. The SMILES string of the molecule is O=C1c2ccc(F)cc2C(=O)N1CCCCC1(c2c[nH]c3ccc(F)cc23)CCNCC1. The smallest absolute Gasteiger partial charge is 0.261 e. The Hall–Kier alpha value is -3.06. The fourth-order valence-corrected chi connectivity index (χ4v) is 5.29. The van der Waals surface area contributed by atoms with E-state index in [1.54, 1.807) is 12.1 Å². The van der Waals surface area contributed by atoms with Gasteiger partial charge in [-0.3, -0.25) is 14.5 Å². The van der Waals surface area contributed by atoms with Gasteiger partial charge in [0, 0.05) is 23.6 Å². The number of unbranched alkanes of at least 4 members (excludes halogenated alkanes) is 1. The highest BCUT2D eigenvalue weighted by Crippen LogP contribution is 2.42. The number of benzene rings is 2. The second-order valence-electron chi connectivity index (χ2n) is 8.83. The fourth-order valence-electron chi connectivity index (χ4n) is 5.29. The molecule has 0 bridgehead atoms. The molecular formula is C25H25F2N3O2. The third-order valence-electron chi connectivity index (χ3n) is 7.00. The van der Waals surface area contributed by atoms with Crippen LogP contribution < -0.4 is 5.32 Å². The number of amides is 2. The lowest BCUT2D eigenvalue weighted by Crippen LogP contribution is -2.40. The molecule has 7 heteroatoms. The van der Waals surface area contributed by atoms with Crippen molar-refractivity contribution in [1.82, 2.24) is 15.2 Å². The summed E-state index contributed by atoms with van der Waals surface area (Å²) in [5.74, 6) is -1.54. The van der Waals surface area contributed by atoms with Crippen molar-refractivity contribution < 1.29 is 18.4 Å². The number of hydrogen-bond donors (Lipinski definition) is 2. The molecule has 0 atom stereocenters. The largest absolute Gasteiger partial charge is 0.361 e. The van der Waals surface area contributed by atoms with Crippen molar-refractivity contribution in [2.75, 3.05) is 19.6 Å². The highest BCUT2D eigenvalue weighted by molar-refractivity contribution is 6.21. The van der Waals surface area contributed by atoms with E-state index in [1.165, 1.54) is 23.1 Å². The normalized spacial score (nSPS) is 17.9. The number of aromatic amines is 1. The average molecular weight is 437 g/mol. The van der Waals surface area contributed by atoms with E-state index in [9.17, 15) is 18.4 Å². The molecule has 1 saturated heterocycles. The Bertz CT molecular complexity index is 1200. The van der Waals surface area contributed by atoms with E-state index >= 15 is 0 Å². The van der Waals surface area contributed by atoms with E-state index in [0.29, 0.717) is 13.0 Å². The summed E-state index contributed by atoms with van der Waals surface area (Å²) in [5, 5.41) is 4.34. The molecule has 1 aromatic heterocycles. The lowest BCUT2D eigenvalue weighted by atomic mass is 9.70. The lowest BCUT2D eigenvalue weighted by molar-refractivity contribution is 0.0650. The van der Waals surface area contributed by atoms with Crippen molar-refractivity contribution >= 4 is 22.7 Å². The van der Waals surface area contributed by atoms with Gasteiger partial charge in [0.1, 0.15) is 11.6 Å². The third kappa shape index (κ3) is 3.50. The van der Waals surface area contributed by atoms with Gasteiger partial charge in [-0.1, -0.05) is 6.42 Å². The molecule has 5 nitrogen and oxygen atoms in total. The van der Waals surface area contributed by atoms with E-state index in [1.807, 2.05) is 6.20 Å². The molecule has 2 amide bonds. The molecule has 0 aliphatic carbocycles. The number of nitrogens with one attached hydrogen (secondary N) is 2. The van der Waals surface area contributed by atoms with Crippen molar-refractivity contribution in [2.45, 2.75) is 37.5 Å². The van der Waals surface area contributed by atoms with E-state index < -0.39 is 11.7 Å². The van der Waals surface area contributed by atoms with Crippen molar-refractivity contribution in [1.29, 1.82) is 0 Å². The molecule has 2 aliphatic heterocycles. The van der Waals surface area contributed by atoms with Gasteiger partial charge in [0.2, 0.25) is 0 Å². The monoisotopic (exact) mass is 437 g/mol. The zero-order valence-corrected chi connectivity index (χ0v) is 17.7. The predicted molar refractivity (Wildman–Crippen MR) is 118 cm³/mol. The van der Waals surface area contributed by atoms with Crippen LogP contribution in [0.4, 0.5) is 8.78 Å². The molecular weight excluding hydrogens is 412 g/mol. The van der Waals surface area contributed by atoms with Crippen LogP contribution in [0.15, 0.2) is 42.6 Å². The topological polar surface area (TPSA) is 65.2 Å². The number of rotatable bonds is 6. The number of H-pyrrole nitrogens is 1. The molecule has 5 rings (SSSR count). The molecule has 1 fully saturated rings. The summed E-state index contributed by atoms with van der Waals surface area (Å²) in [6, 6.07) is 8.56. The van der Waals surface area contributed by atoms with Gasteiger partial charge in [0.25, 0.3) is 11.8 Å². The molecule has 0 radical (unpaired) electrons. The van der Waals surface area contributed by atoms with Gasteiger partial charge in [-0.15, -0.1) is 0 Å². The number of halogens is 2. The first-order chi connectivity index (χ1) is 15.5. The summed E-state index contributed by atoms with van der Waals surface area (Å²) >= 11 is 0. The van der Waals surface area contributed by atoms with Crippen LogP contribution in [0.3, 0.4) is 0 Å². The highest BCUT2D eigenvalue weighted by Gasteiger charge is 2.37. The molecule has 0 spiro atoms. The number of hydrogen-bond acceptors (Lipinski definition) is 3. The standard InChI is InChI=1S/C25H25F2N3O2/c26-16-3-5-18-19(13-16)24(32)30(23(18)31)12-2-1-7-25(8-10-28-11-9-25)21-15-29-22-6-4-17(27)14-20(21)22/h3-6,13-15,28-29H,1-2,7-12H2. The number of nitrogens with zero attached hydrogens (tertiary/aromatic N) is 1. The number of fused-ring (bicyclic) bond motifs is 2. The maximum atomic E-state index is 14.0. The first kappa shape index (κ1) is 20.8. The van der Waals surface area contributed by atoms with E-state index in [0.717, 1.165) is 61.3 Å². The summed E-state index contributed by atoms with van der Waals surface area (Å²) in [6.45, 7) is 2.10. The molecule has 0 unspecified atom stereocenters. The van der Waals surface area contributed by atoms with Gasteiger partial charge in [-0.2, -0.15) is 0 Å². The van der Waals surface area contributed by atoms with Crippen molar-refractivity contribution in [3.8, 4) is 0 Å². The fraction of sp³-hybridized carbons (Fsp3) is 0.360. The Morgan fingerprint density at radius 2 is 1.62 bits per heavy atom. The maximum absolute atomic E-state index is 14.0. The molecule has 0 saturated carbocycles. The Labute approximate surface area is 184 Å².